The summed E-state index contributed by atoms with van der Waals surface area (Å²) in [6.07, 6.45) is 7.63. The highest BCUT2D eigenvalue weighted by Crippen LogP contribution is 2.22. The molecule has 2 heteroatoms. The van der Waals surface area contributed by atoms with Crippen LogP contribution in [0.25, 0.3) is 0 Å². The monoisotopic (exact) mass is 252 g/mol. The first-order valence-corrected chi connectivity index (χ1v) is 7.04. The van der Waals surface area contributed by atoms with Crippen molar-refractivity contribution in [2.45, 2.75) is 39.3 Å². The molecule has 0 radical (unpaired) electrons. The van der Waals surface area contributed by atoms with E-state index in [1.165, 1.54) is 36.0 Å². The summed E-state index contributed by atoms with van der Waals surface area (Å²) in [7, 11) is 0. The molecule has 2 aromatic rings. The molecule has 1 heterocycles. The second-order valence-electron chi connectivity index (χ2n) is 5.36. The summed E-state index contributed by atoms with van der Waals surface area (Å²) < 4.78 is 0. The number of fused-ring (bicyclic) bond motifs is 1. The number of rotatable bonds is 4. The molecule has 0 fully saturated rings. The summed E-state index contributed by atoms with van der Waals surface area (Å²) in [4.78, 5) is 4.12. The number of benzene rings is 1. The van der Waals surface area contributed by atoms with Gasteiger partial charge in [0.15, 0.2) is 0 Å². The van der Waals surface area contributed by atoms with Crippen LogP contribution in [0.5, 0.6) is 0 Å². The average molecular weight is 252 g/mol. The fourth-order valence-corrected chi connectivity index (χ4v) is 2.78. The molecular weight excluding hydrogens is 232 g/mol. The van der Waals surface area contributed by atoms with E-state index >= 15 is 0 Å². The lowest BCUT2D eigenvalue weighted by atomic mass is 10.1. The molecule has 0 aliphatic heterocycles. The molecule has 3 rings (SSSR count). The Labute approximate surface area is 114 Å². The van der Waals surface area contributed by atoms with Crippen molar-refractivity contribution in [3.05, 3.63) is 64.5 Å². The van der Waals surface area contributed by atoms with Crippen molar-refractivity contribution in [3.8, 4) is 0 Å². The van der Waals surface area contributed by atoms with E-state index in [9.17, 15) is 0 Å². The summed E-state index contributed by atoms with van der Waals surface area (Å²) >= 11 is 0. The van der Waals surface area contributed by atoms with E-state index in [-0.39, 0.29) is 0 Å². The molecule has 0 unspecified atom stereocenters. The molecule has 1 aromatic heterocycles. The van der Waals surface area contributed by atoms with Crippen molar-refractivity contribution < 1.29 is 0 Å². The van der Waals surface area contributed by atoms with Gasteiger partial charge in [-0.2, -0.15) is 0 Å². The van der Waals surface area contributed by atoms with Crippen molar-refractivity contribution in [3.63, 3.8) is 0 Å². The van der Waals surface area contributed by atoms with Crippen LogP contribution in [0.15, 0.2) is 36.7 Å². The van der Waals surface area contributed by atoms with Gasteiger partial charge in [-0.1, -0.05) is 18.2 Å². The van der Waals surface area contributed by atoms with Gasteiger partial charge in [-0.15, -0.1) is 0 Å². The number of aromatic nitrogens is 1. The highest BCUT2D eigenvalue weighted by Gasteiger charge is 2.10. The Bertz CT molecular complexity index is 575. The van der Waals surface area contributed by atoms with Crippen LogP contribution >= 0.6 is 0 Å². The maximum absolute atomic E-state index is 4.12. The van der Waals surface area contributed by atoms with Gasteiger partial charge in [-0.3, -0.25) is 4.98 Å². The van der Waals surface area contributed by atoms with Crippen molar-refractivity contribution in [2.24, 2.45) is 0 Å². The van der Waals surface area contributed by atoms with Gasteiger partial charge in [0.25, 0.3) is 0 Å². The van der Waals surface area contributed by atoms with E-state index in [1.54, 1.807) is 11.1 Å². The highest BCUT2D eigenvalue weighted by atomic mass is 14.8. The predicted octanol–water partition coefficient (Wildman–Crippen LogP) is 3.17. The van der Waals surface area contributed by atoms with Gasteiger partial charge in [0, 0.05) is 25.5 Å². The molecule has 19 heavy (non-hydrogen) atoms. The Morgan fingerprint density at radius 2 is 2.00 bits per heavy atom. The van der Waals surface area contributed by atoms with Gasteiger partial charge in [-0.05, 0) is 60.1 Å². The molecule has 0 spiro atoms. The second-order valence-corrected chi connectivity index (χ2v) is 5.36. The van der Waals surface area contributed by atoms with Crippen LogP contribution in [-0.4, -0.2) is 4.98 Å². The van der Waals surface area contributed by atoms with Crippen LogP contribution in [-0.2, 0) is 25.9 Å². The van der Waals surface area contributed by atoms with E-state index in [0.29, 0.717) is 0 Å². The predicted molar refractivity (Wildman–Crippen MR) is 78.0 cm³/mol. The first-order valence-electron chi connectivity index (χ1n) is 7.04. The minimum absolute atomic E-state index is 0.908. The normalized spacial score (nSPS) is 13.5. The Kier molecular flexibility index (Phi) is 3.60. The summed E-state index contributed by atoms with van der Waals surface area (Å²) in [5.74, 6) is 0. The number of nitrogens with zero attached hydrogens (tertiary/aromatic N) is 1. The smallest absolute Gasteiger partial charge is 0.0300 e. The molecule has 1 aliphatic rings. The van der Waals surface area contributed by atoms with Crippen molar-refractivity contribution in [2.75, 3.05) is 0 Å². The molecule has 0 saturated carbocycles. The molecule has 0 bridgehead atoms. The Balaban J connectivity index is 1.59. The van der Waals surface area contributed by atoms with E-state index in [1.807, 2.05) is 12.4 Å². The lowest BCUT2D eigenvalue weighted by molar-refractivity contribution is 0.689. The third-order valence-electron chi connectivity index (χ3n) is 3.94. The minimum atomic E-state index is 0.908. The molecule has 1 N–H and O–H groups in total. The number of hydrogen-bond donors (Lipinski definition) is 1. The number of aryl methyl sites for hydroxylation is 3. The zero-order valence-corrected chi connectivity index (χ0v) is 11.4. The van der Waals surface area contributed by atoms with Crippen LogP contribution in [0, 0.1) is 6.92 Å². The van der Waals surface area contributed by atoms with Crippen molar-refractivity contribution in [1.29, 1.82) is 0 Å². The topological polar surface area (TPSA) is 24.9 Å². The largest absolute Gasteiger partial charge is 0.309 e. The zero-order chi connectivity index (χ0) is 13.1. The maximum atomic E-state index is 4.12. The quantitative estimate of drug-likeness (QED) is 0.904. The summed E-state index contributed by atoms with van der Waals surface area (Å²) in [6.45, 7) is 3.96. The number of hydrogen-bond acceptors (Lipinski definition) is 2. The first-order chi connectivity index (χ1) is 9.33. The standard InChI is InChI=1S/C17H20N2/c1-13-10-18-8-7-17(13)12-19-11-14-5-6-15-3-2-4-16(15)9-14/h5-10,19H,2-4,11-12H2,1H3. The summed E-state index contributed by atoms with van der Waals surface area (Å²) in [5.41, 5.74) is 7.08. The molecule has 0 amide bonds. The molecular formula is C17H20N2. The second kappa shape index (κ2) is 5.54. The third kappa shape index (κ3) is 2.85. The van der Waals surface area contributed by atoms with Crippen LogP contribution in [0.4, 0.5) is 0 Å². The van der Waals surface area contributed by atoms with Crippen LogP contribution in [0.2, 0.25) is 0 Å². The molecule has 0 atom stereocenters. The fourth-order valence-electron chi connectivity index (χ4n) is 2.78. The number of nitrogens with one attached hydrogen (secondary N) is 1. The van der Waals surface area contributed by atoms with Crippen LogP contribution in [0.3, 0.4) is 0 Å². The molecule has 0 saturated heterocycles. The maximum Gasteiger partial charge on any atom is 0.0300 e. The third-order valence-corrected chi connectivity index (χ3v) is 3.94. The van der Waals surface area contributed by atoms with E-state index in [2.05, 4.69) is 41.5 Å². The molecule has 2 nitrogen and oxygen atoms in total. The summed E-state index contributed by atoms with van der Waals surface area (Å²) in [6, 6.07) is 9.02. The van der Waals surface area contributed by atoms with Gasteiger partial charge in [0.1, 0.15) is 0 Å². The van der Waals surface area contributed by atoms with Crippen LogP contribution in [0.1, 0.15) is 34.2 Å². The lowest BCUT2D eigenvalue weighted by Crippen LogP contribution is -2.13. The Morgan fingerprint density at radius 3 is 2.89 bits per heavy atom. The van der Waals surface area contributed by atoms with Gasteiger partial charge < -0.3 is 5.32 Å². The SMILES string of the molecule is Cc1cnccc1CNCc1ccc2c(c1)CCC2. The van der Waals surface area contributed by atoms with Gasteiger partial charge in [0.2, 0.25) is 0 Å². The highest BCUT2D eigenvalue weighted by molar-refractivity contribution is 5.35. The van der Waals surface area contributed by atoms with Gasteiger partial charge in [-0.25, -0.2) is 0 Å². The Morgan fingerprint density at radius 1 is 1.11 bits per heavy atom. The molecule has 1 aliphatic carbocycles. The first kappa shape index (κ1) is 12.4. The minimum Gasteiger partial charge on any atom is -0.309 e. The Hall–Kier alpha value is -1.67. The van der Waals surface area contributed by atoms with E-state index in [0.717, 1.165) is 13.1 Å². The fraction of sp³-hybridized carbons (Fsp3) is 0.353. The molecule has 1 aromatic carbocycles. The zero-order valence-electron chi connectivity index (χ0n) is 11.4. The van der Waals surface area contributed by atoms with Crippen LogP contribution < -0.4 is 5.32 Å². The number of pyridine rings is 1. The van der Waals surface area contributed by atoms with Crippen molar-refractivity contribution >= 4 is 0 Å². The van der Waals surface area contributed by atoms with E-state index < -0.39 is 0 Å². The lowest BCUT2D eigenvalue weighted by Gasteiger charge is -2.08. The average Bonchev–Trinajstić information content (AvgIpc) is 2.88. The van der Waals surface area contributed by atoms with E-state index in [4.69, 9.17) is 0 Å². The van der Waals surface area contributed by atoms with Gasteiger partial charge >= 0.3 is 0 Å². The molecule has 98 valence electrons. The summed E-state index contributed by atoms with van der Waals surface area (Å²) in [5, 5.41) is 3.52. The van der Waals surface area contributed by atoms with Crippen molar-refractivity contribution in [1.82, 2.24) is 10.3 Å². The van der Waals surface area contributed by atoms with Gasteiger partial charge in [0.05, 0.1) is 0 Å².